The Morgan fingerprint density at radius 1 is 0.708 bits per heavy atom. The van der Waals surface area contributed by atoms with Gasteiger partial charge in [0.25, 0.3) is 0 Å². The van der Waals surface area contributed by atoms with Gasteiger partial charge < -0.3 is 0 Å². The summed E-state index contributed by atoms with van der Waals surface area (Å²) < 4.78 is 0. The number of carbonyl (C=O) groups is 1. The SMILES string of the molecule is O=C(/C(=C\N(O)c1ccccc1)c1ccccc1)c1ccccc1. The first-order chi connectivity index (χ1) is 11.8. The molecule has 0 spiro atoms. The first kappa shape index (κ1) is 15.7. The van der Waals surface area contributed by atoms with Gasteiger partial charge in [-0.15, -0.1) is 0 Å². The zero-order valence-electron chi connectivity index (χ0n) is 13.0. The zero-order valence-corrected chi connectivity index (χ0v) is 13.0. The Morgan fingerprint density at radius 2 is 1.17 bits per heavy atom. The van der Waals surface area contributed by atoms with Gasteiger partial charge in [-0.3, -0.25) is 10.0 Å². The molecule has 0 heterocycles. The first-order valence-corrected chi connectivity index (χ1v) is 7.66. The van der Waals surface area contributed by atoms with E-state index in [1.807, 2.05) is 66.7 Å². The Hall–Kier alpha value is -3.17. The molecule has 0 fully saturated rings. The minimum Gasteiger partial charge on any atom is -0.289 e. The van der Waals surface area contributed by atoms with E-state index >= 15 is 0 Å². The number of nitrogens with zero attached hydrogens (tertiary/aromatic N) is 1. The van der Waals surface area contributed by atoms with Crippen LogP contribution in [0.5, 0.6) is 0 Å². The van der Waals surface area contributed by atoms with Gasteiger partial charge in [-0.25, -0.2) is 5.06 Å². The summed E-state index contributed by atoms with van der Waals surface area (Å²) in [5.74, 6) is -0.142. The molecule has 0 radical (unpaired) electrons. The van der Waals surface area contributed by atoms with E-state index in [9.17, 15) is 10.0 Å². The Bertz CT molecular complexity index is 827. The van der Waals surface area contributed by atoms with Crippen molar-refractivity contribution < 1.29 is 10.0 Å². The highest BCUT2D eigenvalue weighted by Crippen LogP contribution is 2.22. The number of hydrogen-bond donors (Lipinski definition) is 1. The number of Topliss-reactive ketones (excluding diaryl/α,β-unsaturated/α-hetero) is 1. The summed E-state index contributed by atoms with van der Waals surface area (Å²) in [6.07, 6.45) is 1.46. The monoisotopic (exact) mass is 315 g/mol. The van der Waals surface area contributed by atoms with Crippen LogP contribution in [0.3, 0.4) is 0 Å². The number of rotatable bonds is 5. The average molecular weight is 315 g/mol. The lowest BCUT2D eigenvalue weighted by Gasteiger charge is -2.15. The summed E-state index contributed by atoms with van der Waals surface area (Å²) >= 11 is 0. The molecule has 24 heavy (non-hydrogen) atoms. The molecule has 0 unspecified atom stereocenters. The third-order valence-corrected chi connectivity index (χ3v) is 3.64. The van der Waals surface area contributed by atoms with Crippen molar-refractivity contribution in [2.45, 2.75) is 0 Å². The number of anilines is 1. The maximum Gasteiger partial charge on any atom is 0.195 e. The van der Waals surface area contributed by atoms with E-state index in [0.29, 0.717) is 16.8 Å². The van der Waals surface area contributed by atoms with Gasteiger partial charge in [0, 0.05) is 17.3 Å². The topological polar surface area (TPSA) is 40.5 Å². The molecule has 0 aromatic heterocycles. The maximum absolute atomic E-state index is 12.9. The lowest BCUT2D eigenvalue weighted by molar-refractivity contribution is 0.105. The highest BCUT2D eigenvalue weighted by molar-refractivity contribution is 6.29. The van der Waals surface area contributed by atoms with Gasteiger partial charge in [0.1, 0.15) is 0 Å². The van der Waals surface area contributed by atoms with Gasteiger partial charge in [-0.2, -0.15) is 0 Å². The van der Waals surface area contributed by atoms with Crippen LogP contribution in [0, 0.1) is 0 Å². The molecule has 0 aliphatic rings. The Balaban J connectivity index is 2.03. The minimum atomic E-state index is -0.142. The normalized spacial score (nSPS) is 11.1. The van der Waals surface area contributed by atoms with Crippen LogP contribution in [0.1, 0.15) is 15.9 Å². The summed E-state index contributed by atoms with van der Waals surface area (Å²) in [4.78, 5) is 12.9. The lowest BCUT2D eigenvalue weighted by atomic mass is 9.97. The molecule has 118 valence electrons. The summed E-state index contributed by atoms with van der Waals surface area (Å²) in [6.45, 7) is 0. The number of allylic oxidation sites excluding steroid dienone is 1. The second-order valence-corrected chi connectivity index (χ2v) is 5.28. The summed E-state index contributed by atoms with van der Waals surface area (Å²) in [5.41, 5.74) is 2.34. The number of ketones is 1. The molecule has 3 rings (SSSR count). The third kappa shape index (κ3) is 3.59. The quantitative estimate of drug-likeness (QED) is 0.417. The molecular weight excluding hydrogens is 298 g/mol. The van der Waals surface area contributed by atoms with E-state index in [1.54, 1.807) is 24.3 Å². The van der Waals surface area contributed by atoms with Crippen molar-refractivity contribution in [3.63, 3.8) is 0 Å². The van der Waals surface area contributed by atoms with Gasteiger partial charge in [0.2, 0.25) is 0 Å². The van der Waals surface area contributed by atoms with Crippen LogP contribution < -0.4 is 5.06 Å². The highest BCUT2D eigenvalue weighted by Gasteiger charge is 2.15. The fourth-order valence-corrected chi connectivity index (χ4v) is 2.40. The number of hydrogen-bond acceptors (Lipinski definition) is 3. The molecule has 0 bridgehead atoms. The van der Waals surface area contributed by atoms with Crippen LogP contribution in [-0.4, -0.2) is 11.0 Å². The molecule has 3 heteroatoms. The standard InChI is InChI=1S/C21H17NO2/c23-21(18-12-6-2-7-13-18)20(17-10-4-1-5-11-17)16-22(24)19-14-8-3-9-15-19/h1-16,24H/b20-16-. The molecule has 0 aliphatic heterocycles. The molecule has 0 saturated heterocycles. The molecule has 1 N–H and O–H groups in total. The fourth-order valence-electron chi connectivity index (χ4n) is 2.40. The molecule has 0 amide bonds. The van der Waals surface area contributed by atoms with Crippen molar-refractivity contribution in [1.29, 1.82) is 0 Å². The molecule has 3 nitrogen and oxygen atoms in total. The predicted molar refractivity (Wildman–Crippen MR) is 95.9 cm³/mol. The largest absolute Gasteiger partial charge is 0.289 e. The van der Waals surface area contributed by atoms with Crippen LogP contribution in [-0.2, 0) is 0 Å². The van der Waals surface area contributed by atoms with Crippen molar-refractivity contribution in [2.24, 2.45) is 0 Å². The van der Waals surface area contributed by atoms with Crippen LogP contribution in [0.15, 0.2) is 97.2 Å². The van der Waals surface area contributed by atoms with Crippen molar-refractivity contribution in [2.75, 3.05) is 5.06 Å². The number of hydroxylamine groups is 1. The Morgan fingerprint density at radius 3 is 1.71 bits per heavy atom. The zero-order chi connectivity index (χ0) is 16.8. The number of benzene rings is 3. The lowest BCUT2D eigenvalue weighted by Crippen LogP contribution is -2.13. The van der Waals surface area contributed by atoms with Gasteiger partial charge in [0.15, 0.2) is 5.78 Å². The average Bonchev–Trinajstić information content (AvgIpc) is 2.67. The third-order valence-electron chi connectivity index (χ3n) is 3.64. The van der Waals surface area contributed by atoms with Crippen molar-refractivity contribution in [3.8, 4) is 0 Å². The van der Waals surface area contributed by atoms with E-state index in [-0.39, 0.29) is 5.78 Å². The van der Waals surface area contributed by atoms with E-state index in [0.717, 1.165) is 10.6 Å². The van der Waals surface area contributed by atoms with Crippen LogP contribution in [0.25, 0.3) is 5.57 Å². The van der Waals surface area contributed by atoms with Crippen molar-refractivity contribution >= 4 is 17.0 Å². The van der Waals surface area contributed by atoms with E-state index in [1.165, 1.54) is 6.20 Å². The van der Waals surface area contributed by atoms with Crippen molar-refractivity contribution in [1.82, 2.24) is 0 Å². The number of carbonyl (C=O) groups excluding carboxylic acids is 1. The van der Waals surface area contributed by atoms with E-state index in [4.69, 9.17) is 0 Å². The Labute approximate surface area is 141 Å². The molecule has 0 saturated carbocycles. The first-order valence-electron chi connectivity index (χ1n) is 7.66. The van der Waals surface area contributed by atoms with Gasteiger partial charge in [-0.1, -0.05) is 78.9 Å². The van der Waals surface area contributed by atoms with Gasteiger partial charge >= 0.3 is 0 Å². The van der Waals surface area contributed by atoms with Crippen LogP contribution >= 0.6 is 0 Å². The summed E-state index contributed by atoms with van der Waals surface area (Å²) in [5, 5.41) is 11.3. The predicted octanol–water partition coefficient (Wildman–Crippen LogP) is 4.81. The van der Waals surface area contributed by atoms with Crippen LogP contribution in [0.2, 0.25) is 0 Å². The summed E-state index contributed by atoms with van der Waals surface area (Å²) in [7, 11) is 0. The van der Waals surface area contributed by atoms with Gasteiger partial charge in [-0.05, 0) is 17.7 Å². The molecule has 0 atom stereocenters. The van der Waals surface area contributed by atoms with E-state index < -0.39 is 0 Å². The van der Waals surface area contributed by atoms with Crippen molar-refractivity contribution in [3.05, 3.63) is 108 Å². The fraction of sp³-hybridized carbons (Fsp3) is 0. The second-order valence-electron chi connectivity index (χ2n) is 5.28. The molecule has 3 aromatic carbocycles. The van der Waals surface area contributed by atoms with E-state index in [2.05, 4.69) is 0 Å². The van der Waals surface area contributed by atoms with Crippen LogP contribution in [0.4, 0.5) is 5.69 Å². The smallest absolute Gasteiger partial charge is 0.195 e. The Kier molecular flexibility index (Phi) is 4.84. The number of para-hydroxylation sites is 1. The summed E-state index contributed by atoms with van der Waals surface area (Å²) in [6, 6.07) is 27.4. The molecule has 3 aromatic rings. The minimum absolute atomic E-state index is 0.142. The van der Waals surface area contributed by atoms with Gasteiger partial charge in [0.05, 0.1) is 5.69 Å². The molecule has 0 aliphatic carbocycles. The maximum atomic E-state index is 12.9. The molecular formula is C21H17NO2. The second kappa shape index (κ2) is 7.40. The highest BCUT2D eigenvalue weighted by atomic mass is 16.5.